The number of fused-ring (bicyclic) bond motifs is 1. The Labute approximate surface area is 175 Å². The average Bonchev–Trinajstić information content (AvgIpc) is 3.24. The number of esters is 1. The lowest BCUT2D eigenvalue weighted by Crippen LogP contribution is -2.34. The van der Waals surface area contributed by atoms with Crippen LogP contribution in [-0.2, 0) is 22.4 Å². The molecule has 158 valence electrons. The van der Waals surface area contributed by atoms with Gasteiger partial charge in [0.15, 0.2) is 6.10 Å². The number of hydrogen-bond acceptors (Lipinski definition) is 6. The quantitative estimate of drug-likeness (QED) is 0.531. The minimum atomic E-state index is -0.939. The molecular formula is C23H25NO6. The predicted octanol–water partition coefficient (Wildman–Crippen LogP) is 2.74. The van der Waals surface area contributed by atoms with Crippen LogP contribution < -0.4 is 14.8 Å². The Morgan fingerprint density at radius 1 is 0.933 bits per heavy atom. The van der Waals surface area contributed by atoms with Crippen LogP contribution in [0.25, 0.3) is 0 Å². The van der Waals surface area contributed by atoms with Crippen molar-refractivity contribution in [3.8, 4) is 11.5 Å². The molecule has 30 heavy (non-hydrogen) atoms. The number of rotatable bonds is 8. The van der Waals surface area contributed by atoms with Gasteiger partial charge >= 0.3 is 5.97 Å². The molecular weight excluding hydrogens is 386 g/mol. The lowest BCUT2D eigenvalue weighted by Gasteiger charge is -2.14. The van der Waals surface area contributed by atoms with E-state index in [4.69, 9.17) is 14.2 Å². The van der Waals surface area contributed by atoms with E-state index >= 15 is 0 Å². The molecule has 7 nitrogen and oxygen atoms in total. The second kappa shape index (κ2) is 9.43. The summed E-state index contributed by atoms with van der Waals surface area (Å²) in [5.41, 5.74) is 3.26. The molecule has 7 heteroatoms. The van der Waals surface area contributed by atoms with Gasteiger partial charge in [-0.15, -0.1) is 0 Å². The maximum absolute atomic E-state index is 12.6. The number of benzene rings is 2. The van der Waals surface area contributed by atoms with E-state index in [1.54, 1.807) is 12.1 Å². The number of carbonyl (C=O) groups is 3. The van der Waals surface area contributed by atoms with E-state index in [2.05, 4.69) is 5.32 Å². The summed E-state index contributed by atoms with van der Waals surface area (Å²) in [4.78, 5) is 37.0. The van der Waals surface area contributed by atoms with E-state index in [1.165, 1.54) is 44.4 Å². The first-order valence-corrected chi connectivity index (χ1v) is 9.78. The molecule has 0 aromatic heterocycles. The van der Waals surface area contributed by atoms with E-state index in [1.807, 2.05) is 12.1 Å². The molecule has 0 heterocycles. The van der Waals surface area contributed by atoms with Crippen molar-refractivity contribution in [2.24, 2.45) is 0 Å². The molecule has 0 saturated carbocycles. The smallest absolute Gasteiger partial charge is 0.326 e. The van der Waals surface area contributed by atoms with Gasteiger partial charge in [0.25, 0.3) is 5.91 Å². The number of ketones is 1. The van der Waals surface area contributed by atoms with E-state index in [-0.39, 0.29) is 17.9 Å². The molecule has 0 spiro atoms. The van der Waals surface area contributed by atoms with Crippen LogP contribution in [0, 0.1) is 0 Å². The van der Waals surface area contributed by atoms with E-state index in [9.17, 15) is 14.4 Å². The molecule has 0 bridgehead atoms. The van der Waals surface area contributed by atoms with Crippen molar-refractivity contribution in [3.05, 3.63) is 58.7 Å². The van der Waals surface area contributed by atoms with Crippen molar-refractivity contribution in [2.45, 2.75) is 32.3 Å². The summed E-state index contributed by atoms with van der Waals surface area (Å²) in [7, 11) is 2.96. The normalized spacial score (nSPS) is 13.2. The third-order valence-corrected chi connectivity index (χ3v) is 5.07. The van der Waals surface area contributed by atoms with Crippen LogP contribution in [0.5, 0.6) is 11.5 Å². The fourth-order valence-corrected chi connectivity index (χ4v) is 3.45. The molecule has 2 aromatic carbocycles. The lowest BCUT2D eigenvalue weighted by atomic mass is 10.0. The van der Waals surface area contributed by atoms with E-state index < -0.39 is 18.0 Å². The van der Waals surface area contributed by atoms with Crippen molar-refractivity contribution in [3.63, 3.8) is 0 Å². The third kappa shape index (κ3) is 4.97. The Morgan fingerprint density at radius 2 is 1.60 bits per heavy atom. The van der Waals surface area contributed by atoms with Crippen LogP contribution in [0.15, 0.2) is 36.4 Å². The van der Waals surface area contributed by atoms with Gasteiger partial charge in [-0.25, -0.2) is 0 Å². The van der Waals surface area contributed by atoms with Crippen LogP contribution in [0.2, 0.25) is 0 Å². The molecule has 2 aromatic rings. The minimum absolute atomic E-state index is 0.262. The zero-order valence-electron chi connectivity index (χ0n) is 17.3. The molecule has 3 rings (SSSR count). The first-order chi connectivity index (χ1) is 14.4. The molecule has 0 fully saturated rings. The summed E-state index contributed by atoms with van der Waals surface area (Å²) in [5, 5.41) is 2.48. The Balaban J connectivity index is 1.55. The number of methoxy groups -OCH3 is 2. The van der Waals surface area contributed by atoms with Gasteiger partial charge in [-0.1, -0.05) is 12.1 Å². The zero-order chi connectivity index (χ0) is 21.7. The van der Waals surface area contributed by atoms with E-state index in [0.717, 1.165) is 19.3 Å². The highest BCUT2D eigenvalue weighted by Gasteiger charge is 2.22. The number of hydrogen-bond donors (Lipinski definition) is 1. The highest BCUT2D eigenvalue weighted by molar-refractivity contribution is 6.01. The largest absolute Gasteiger partial charge is 0.497 e. The van der Waals surface area contributed by atoms with Crippen LogP contribution in [0.4, 0.5) is 0 Å². The Hall–Kier alpha value is -3.35. The monoisotopic (exact) mass is 411 g/mol. The van der Waals surface area contributed by atoms with E-state index in [0.29, 0.717) is 17.1 Å². The van der Waals surface area contributed by atoms with Crippen molar-refractivity contribution in [1.29, 1.82) is 0 Å². The SMILES string of the molecule is COc1cc(OC)cc(C(=O)NCC(=O)O[C@H](C)C(=O)c2ccc3c(c2)CCC3)c1. The summed E-state index contributed by atoms with van der Waals surface area (Å²) in [6.45, 7) is 1.17. The van der Waals surface area contributed by atoms with Gasteiger partial charge in [0.2, 0.25) is 5.78 Å². The lowest BCUT2D eigenvalue weighted by molar-refractivity contribution is -0.145. The molecule has 1 N–H and O–H groups in total. The number of Topliss-reactive ketones (excluding diaryl/α,β-unsaturated/α-hetero) is 1. The first-order valence-electron chi connectivity index (χ1n) is 9.78. The van der Waals surface area contributed by atoms with Gasteiger partial charge in [0.1, 0.15) is 18.0 Å². The third-order valence-electron chi connectivity index (χ3n) is 5.07. The summed E-state index contributed by atoms with van der Waals surface area (Å²) >= 11 is 0. The van der Waals surface area contributed by atoms with Crippen molar-refractivity contribution >= 4 is 17.7 Å². The number of ether oxygens (including phenoxy) is 3. The molecule has 1 atom stereocenters. The number of carbonyl (C=O) groups excluding carboxylic acids is 3. The van der Waals surface area contributed by atoms with Gasteiger partial charge < -0.3 is 19.5 Å². The van der Waals surface area contributed by atoms with Gasteiger partial charge in [-0.2, -0.15) is 0 Å². The van der Waals surface area contributed by atoms with Gasteiger partial charge in [0, 0.05) is 17.2 Å². The summed E-state index contributed by atoms with van der Waals surface area (Å²) in [6.07, 6.45) is 2.15. The standard InChI is InChI=1S/C23H25NO6/c1-14(22(26)17-8-7-15-5-4-6-16(15)9-17)30-21(25)13-24-23(27)18-10-19(28-2)12-20(11-18)29-3/h7-12,14H,4-6,13H2,1-3H3,(H,24,27)/t14-/m1/s1. The molecule has 0 aliphatic heterocycles. The van der Waals surface area contributed by atoms with Crippen molar-refractivity contribution in [2.75, 3.05) is 20.8 Å². The highest BCUT2D eigenvalue weighted by atomic mass is 16.5. The minimum Gasteiger partial charge on any atom is -0.497 e. The Kier molecular flexibility index (Phi) is 6.72. The summed E-state index contributed by atoms with van der Waals surface area (Å²) in [6, 6.07) is 10.3. The summed E-state index contributed by atoms with van der Waals surface area (Å²) < 4.78 is 15.5. The fraction of sp³-hybridized carbons (Fsp3) is 0.348. The van der Waals surface area contributed by atoms with Crippen molar-refractivity contribution < 1.29 is 28.6 Å². The zero-order valence-corrected chi connectivity index (χ0v) is 17.3. The van der Waals surface area contributed by atoms with Crippen LogP contribution in [0.3, 0.4) is 0 Å². The Morgan fingerprint density at radius 3 is 2.27 bits per heavy atom. The second-order valence-electron chi connectivity index (χ2n) is 7.12. The highest BCUT2D eigenvalue weighted by Crippen LogP contribution is 2.24. The molecule has 0 radical (unpaired) electrons. The molecule has 1 amide bonds. The number of amides is 1. The molecule has 0 unspecified atom stereocenters. The van der Waals surface area contributed by atoms with Crippen molar-refractivity contribution in [1.82, 2.24) is 5.32 Å². The van der Waals surface area contributed by atoms with Gasteiger partial charge in [-0.3, -0.25) is 14.4 Å². The average molecular weight is 411 g/mol. The number of aryl methyl sites for hydroxylation is 2. The maximum Gasteiger partial charge on any atom is 0.326 e. The second-order valence-corrected chi connectivity index (χ2v) is 7.12. The van der Waals surface area contributed by atoms with Crippen LogP contribution in [0.1, 0.15) is 45.2 Å². The maximum atomic E-state index is 12.6. The number of nitrogens with one attached hydrogen (secondary N) is 1. The fourth-order valence-electron chi connectivity index (χ4n) is 3.45. The molecule has 1 aliphatic carbocycles. The molecule has 1 aliphatic rings. The Bertz CT molecular complexity index is 946. The first kappa shape index (κ1) is 21.4. The summed E-state index contributed by atoms with van der Waals surface area (Å²) in [5.74, 6) is -0.532. The van der Waals surface area contributed by atoms with Crippen LogP contribution in [-0.4, -0.2) is 44.5 Å². The van der Waals surface area contributed by atoms with Gasteiger partial charge in [-0.05, 0) is 55.5 Å². The van der Waals surface area contributed by atoms with Crippen LogP contribution >= 0.6 is 0 Å². The van der Waals surface area contributed by atoms with Gasteiger partial charge in [0.05, 0.1) is 14.2 Å². The topological polar surface area (TPSA) is 90.9 Å². The molecule has 0 saturated heterocycles. The predicted molar refractivity (Wildman–Crippen MR) is 110 cm³/mol.